The van der Waals surface area contributed by atoms with Crippen LogP contribution in [-0.4, -0.2) is 17.4 Å². The fourth-order valence-corrected chi connectivity index (χ4v) is 2.80. The van der Waals surface area contributed by atoms with E-state index in [0.29, 0.717) is 6.54 Å². The number of rotatable bonds is 4. The van der Waals surface area contributed by atoms with Gasteiger partial charge in [-0.1, -0.05) is 55.5 Å². The van der Waals surface area contributed by atoms with E-state index < -0.39 is 0 Å². The Balaban J connectivity index is 2.24. The number of carbonyl (C=O) groups excluding carboxylic acids is 1. The van der Waals surface area contributed by atoms with Gasteiger partial charge < -0.3 is 5.32 Å². The highest BCUT2D eigenvalue weighted by Crippen LogP contribution is 2.29. The Morgan fingerprint density at radius 2 is 1.74 bits per heavy atom. The van der Waals surface area contributed by atoms with Crippen LogP contribution in [0.2, 0.25) is 0 Å². The zero-order valence-corrected chi connectivity index (χ0v) is 13.5. The molecule has 1 amide bonds. The molecular weight excluding hydrogens is 284 g/mol. The third-order valence-corrected chi connectivity index (χ3v) is 3.95. The predicted octanol–water partition coefficient (Wildman–Crippen LogP) is 4.35. The minimum Gasteiger partial charge on any atom is -0.352 e. The normalized spacial score (nSPS) is 10.7. The number of benzene rings is 2. The monoisotopic (exact) mass is 304 g/mol. The van der Waals surface area contributed by atoms with Gasteiger partial charge in [0.2, 0.25) is 0 Å². The van der Waals surface area contributed by atoms with Crippen LogP contribution in [0, 0.1) is 6.92 Å². The van der Waals surface area contributed by atoms with Crippen LogP contribution in [0.15, 0.2) is 54.6 Å². The van der Waals surface area contributed by atoms with Crippen LogP contribution >= 0.6 is 0 Å². The van der Waals surface area contributed by atoms with E-state index in [-0.39, 0.29) is 5.91 Å². The van der Waals surface area contributed by atoms with Crippen LogP contribution in [0.5, 0.6) is 0 Å². The minimum atomic E-state index is -0.0277. The van der Waals surface area contributed by atoms with E-state index in [0.717, 1.165) is 39.7 Å². The molecule has 2 aromatic carbocycles. The van der Waals surface area contributed by atoms with Crippen molar-refractivity contribution in [3.05, 3.63) is 65.7 Å². The Morgan fingerprint density at radius 3 is 2.48 bits per heavy atom. The molecule has 0 saturated heterocycles. The van der Waals surface area contributed by atoms with Gasteiger partial charge >= 0.3 is 0 Å². The topological polar surface area (TPSA) is 42.0 Å². The fourth-order valence-electron chi connectivity index (χ4n) is 2.80. The summed E-state index contributed by atoms with van der Waals surface area (Å²) >= 11 is 0. The average molecular weight is 304 g/mol. The number of para-hydroxylation sites is 1. The van der Waals surface area contributed by atoms with Crippen molar-refractivity contribution in [1.29, 1.82) is 0 Å². The maximum Gasteiger partial charge on any atom is 0.252 e. The van der Waals surface area contributed by atoms with Crippen molar-refractivity contribution in [3.63, 3.8) is 0 Å². The largest absolute Gasteiger partial charge is 0.352 e. The van der Waals surface area contributed by atoms with Gasteiger partial charge in [-0.2, -0.15) is 0 Å². The maximum absolute atomic E-state index is 12.7. The van der Waals surface area contributed by atoms with Crippen molar-refractivity contribution < 1.29 is 4.79 Å². The molecule has 0 aliphatic heterocycles. The van der Waals surface area contributed by atoms with Gasteiger partial charge in [0.15, 0.2) is 0 Å². The van der Waals surface area contributed by atoms with Crippen LogP contribution in [0.1, 0.15) is 29.3 Å². The third kappa shape index (κ3) is 2.95. The lowest BCUT2D eigenvalue weighted by Gasteiger charge is -2.14. The number of pyridine rings is 1. The predicted molar refractivity (Wildman–Crippen MR) is 94.5 cm³/mol. The number of carbonyl (C=O) groups is 1. The lowest BCUT2D eigenvalue weighted by Crippen LogP contribution is -2.25. The molecule has 116 valence electrons. The summed E-state index contributed by atoms with van der Waals surface area (Å²) in [6.45, 7) is 4.70. The number of amides is 1. The number of hydrogen-bond donors (Lipinski definition) is 1. The summed E-state index contributed by atoms with van der Waals surface area (Å²) in [7, 11) is 0. The number of nitrogens with zero attached hydrogens (tertiary/aromatic N) is 1. The molecule has 0 unspecified atom stereocenters. The first kappa shape index (κ1) is 15.2. The molecule has 1 N–H and O–H groups in total. The Kier molecular flexibility index (Phi) is 4.38. The molecule has 0 saturated carbocycles. The van der Waals surface area contributed by atoms with E-state index in [4.69, 9.17) is 4.98 Å². The molecule has 23 heavy (non-hydrogen) atoms. The third-order valence-electron chi connectivity index (χ3n) is 3.95. The fraction of sp³-hybridized carbons (Fsp3) is 0.200. The molecule has 1 heterocycles. The molecular formula is C20H20N2O. The second-order valence-corrected chi connectivity index (χ2v) is 5.60. The zero-order valence-electron chi connectivity index (χ0n) is 13.5. The molecule has 3 rings (SSSR count). The van der Waals surface area contributed by atoms with Gasteiger partial charge in [0.25, 0.3) is 5.91 Å². The second kappa shape index (κ2) is 6.61. The highest BCUT2D eigenvalue weighted by Gasteiger charge is 2.18. The summed E-state index contributed by atoms with van der Waals surface area (Å²) in [5.74, 6) is -0.0277. The first-order valence-electron chi connectivity index (χ1n) is 7.95. The molecule has 0 bridgehead atoms. The van der Waals surface area contributed by atoms with Crippen molar-refractivity contribution in [2.24, 2.45) is 0 Å². The zero-order chi connectivity index (χ0) is 16.2. The highest BCUT2D eigenvalue weighted by atomic mass is 16.1. The highest BCUT2D eigenvalue weighted by molar-refractivity contribution is 6.08. The van der Waals surface area contributed by atoms with Gasteiger partial charge in [0.05, 0.1) is 16.8 Å². The lowest BCUT2D eigenvalue weighted by molar-refractivity contribution is 0.0954. The van der Waals surface area contributed by atoms with Gasteiger partial charge in [0, 0.05) is 17.5 Å². The Labute approximate surface area is 136 Å². The summed E-state index contributed by atoms with van der Waals surface area (Å²) in [4.78, 5) is 17.5. The van der Waals surface area contributed by atoms with Crippen LogP contribution in [0.3, 0.4) is 0 Å². The summed E-state index contributed by atoms with van der Waals surface area (Å²) < 4.78 is 0. The molecule has 3 aromatic rings. The van der Waals surface area contributed by atoms with Crippen molar-refractivity contribution >= 4 is 16.8 Å². The van der Waals surface area contributed by atoms with E-state index in [2.05, 4.69) is 5.32 Å². The van der Waals surface area contributed by atoms with Gasteiger partial charge in [-0.05, 0) is 25.0 Å². The molecule has 1 aromatic heterocycles. The second-order valence-electron chi connectivity index (χ2n) is 5.60. The van der Waals surface area contributed by atoms with E-state index in [1.54, 1.807) is 0 Å². The van der Waals surface area contributed by atoms with Crippen molar-refractivity contribution in [2.45, 2.75) is 20.3 Å². The summed E-state index contributed by atoms with van der Waals surface area (Å²) in [5.41, 5.74) is 4.39. The maximum atomic E-state index is 12.7. The van der Waals surface area contributed by atoms with Crippen LogP contribution < -0.4 is 5.32 Å². The standard InChI is InChI=1S/C20H20N2O/c1-3-13-21-20(23)18-14(2)19(15-9-5-4-6-10-15)22-17-12-8-7-11-16(17)18/h4-12H,3,13H2,1-2H3,(H,21,23). The summed E-state index contributed by atoms with van der Waals surface area (Å²) in [6.07, 6.45) is 0.916. The van der Waals surface area contributed by atoms with Gasteiger partial charge in [-0.15, -0.1) is 0 Å². The van der Waals surface area contributed by atoms with Crippen LogP contribution in [0.25, 0.3) is 22.2 Å². The van der Waals surface area contributed by atoms with Crippen molar-refractivity contribution in [1.82, 2.24) is 10.3 Å². The van der Waals surface area contributed by atoms with Crippen molar-refractivity contribution in [3.8, 4) is 11.3 Å². The van der Waals surface area contributed by atoms with Crippen LogP contribution in [-0.2, 0) is 0 Å². The number of aromatic nitrogens is 1. The minimum absolute atomic E-state index is 0.0277. The van der Waals surface area contributed by atoms with Gasteiger partial charge in [-0.3, -0.25) is 4.79 Å². The first-order valence-corrected chi connectivity index (χ1v) is 7.95. The summed E-state index contributed by atoms with van der Waals surface area (Å²) in [6, 6.07) is 17.8. The van der Waals surface area contributed by atoms with E-state index in [9.17, 15) is 4.79 Å². The summed E-state index contributed by atoms with van der Waals surface area (Å²) in [5, 5.41) is 3.89. The molecule has 3 heteroatoms. The van der Waals surface area contributed by atoms with E-state index in [1.165, 1.54) is 0 Å². The smallest absolute Gasteiger partial charge is 0.252 e. The average Bonchev–Trinajstić information content (AvgIpc) is 2.60. The Hall–Kier alpha value is -2.68. The molecule has 0 spiro atoms. The van der Waals surface area contributed by atoms with Crippen LogP contribution in [0.4, 0.5) is 0 Å². The van der Waals surface area contributed by atoms with Crippen molar-refractivity contribution in [2.75, 3.05) is 6.54 Å². The number of fused-ring (bicyclic) bond motifs is 1. The molecule has 0 radical (unpaired) electrons. The molecule has 0 aliphatic carbocycles. The Morgan fingerprint density at radius 1 is 1.04 bits per heavy atom. The molecule has 0 fully saturated rings. The van der Waals surface area contributed by atoms with Gasteiger partial charge in [0.1, 0.15) is 0 Å². The molecule has 0 aliphatic rings. The molecule has 0 atom stereocenters. The van der Waals surface area contributed by atoms with E-state index in [1.807, 2.05) is 68.4 Å². The number of nitrogens with one attached hydrogen (secondary N) is 1. The quantitative estimate of drug-likeness (QED) is 0.778. The first-order chi connectivity index (χ1) is 11.2. The lowest BCUT2D eigenvalue weighted by atomic mass is 9.97. The molecule has 3 nitrogen and oxygen atoms in total. The van der Waals surface area contributed by atoms with E-state index >= 15 is 0 Å². The van der Waals surface area contributed by atoms with Gasteiger partial charge in [-0.25, -0.2) is 4.98 Å². The Bertz CT molecular complexity index is 841. The number of hydrogen-bond acceptors (Lipinski definition) is 2. The SMILES string of the molecule is CCCNC(=O)c1c(C)c(-c2ccccc2)nc2ccccc12.